The number of ether oxygens (including phenoxy) is 2. The Bertz CT molecular complexity index is 921. The molecule has 0 radical (unpaired) electrons. The van der Waals surface area contributed by atoms with Crippen LogP contribution in [0.5, 0.6) is 5.75 Å². The largest absolute Gasteiger partial charge is 0.497 e. The van der Waals surface area contributed by atoms with Crippen molar-refractivity contribution in [2.24, 2.45) is 0 Å². The molecule has 26 heavy (non-hydrogen) atoms. The molecule has 1 amide bonds. The zero-order chi connectivity index (χ0) is 18.7. The second-order valence-corrected chi connectivity index (χ2v) is 7.02. The van der Waals surface area contributed by atoms with Crippen molar-refractivity contribution >= 4 is 27.3 Å². The maximum absolute atomic E-state index is 14.3. The van der Waals surface area contributed by atoms with Crippen molar-refractivity contribution in [2.45, 2.75) is 13.2 Å². The zero-order valence-corrected chi connectivity index (χ0v) is 15.7. The molecule has 3 rings (SSSR count). The summed E-state index contributed by atoms with van der Waals surface area (Å²) in [6, 6.07) is 12.4. The summed E-state index contributed by atoms with van der Waals surface area (Å²) in [6.45, 7) is 0.643. The Labute approximate surface area is 155 Å². The average Bonchev–Trinajstić information content (AvgIpc) is 3.02. The molecule has 3 aromatic rings. The van der Waals surface area contributed by atoms with Gasteiger partial charge in [-0.25, -0.2) is 4.39 Å². The van der Waals surface area contributed by atoms with Crippen LogP contribution in [0.3, 0.4) is 0 Å². The third kappa shape index (κ3) is 3.57. The predicted octanol–water partition coefficient (Wildman–Crippen LogP) is 4.47. The minimum absolute atomic E-state index is 0.145. The first-order valence-electron chi connectivity index (χ1n) is 8.12. The molecule has 0 bridgehead atoms. The number of benzene rings is 2. The van der Waals surface area contributed by atoms with Gasteiger partial charge < -0.3 is 14.4 Å². The number of methoxy groups -OCH3 is 2. The Morgan fingerprint density at radius 1 is 1.15 bits per heavy atom. The van der Waals surface area contributed by atoms with Gasteiger partial charge in [-0.2, -0.15) is 0 Å². The van der Waals surface area contributed by atoms with E-state index in [0.717, 1.165) is 16.0 Å². The molecule has 2 aromatic carbocycles. The van der Waals surface area contributed by atoms with Gasteiger partial charge in [-0.3, -0.25) is 4.79 Å². The maximum atomic E-state index is 14.3. The van der Waals surface area contributed by atoms with E-state index in [-0.39, 0.29) is 18.3 Å². The van der Waals surface area contributed by atoms with Crippen LogP contribution in [0, 0.1) is 5.82 Å². The summed E-state index contributed by atoms with van der Waals surface area (Å²) in [4.78, 5) is 15.1. The van der Waals surface area contributed by atoms with E-state index < -0.39 is 0 Å². The van der Waals surface area contributed by atoms with Gasteiger partial charge in [-0.1, -0.05) is 18.2 Å². The second kappa shape index (κ2) is 7.85. The Morgan fingerprint density at radius 2 is 1.88 bits per heavy atom. The molecule has 1 aromatic heterocycles. The molecule has 0 saturated carbocycles. The number of thiophene rings is 1. The number of halogens is 1. The average molecular weight is 373 g/mol. The molecule has 6 heteroatoms. The van der Waals surface area contributed by atoms with Gasteiger partial charge in [-0.05, 0) is 29.8 Å². The lowest BCUT2D eigenvalue weighted by atomic mass is 10.1. The number of carbonyl (C=O) groups is 1. The Kier molecular flexibility index (Phi) is 5.54. The molecule has 136 valence electrons. The first kappa shape index (κ1) is 18.4. The number of amides is 1. The molecular weight excluding hydrogens is 353 g/mol. The number of rotatable bonds is 6. The lowest BCUT2D eigenvalue weighted by molar-refractivity contribution is 0.0785. The van der Waals surface area contributed by atoms with Gasteiger partial charge in [0.25, 0.3) is 5.91 Å². The highest BCUT2D eigenvalue weighted by atomic mass is 32.1. The van der Waals surface area contributed by atoms with E-state index in [9.17, 15) is 9.18 Å². The molecule has 0 aliphatic heterocycles. The Balaban J connectivity index is 1.90. The topological polar surface area (TPSA) is 38.8 Å². The second-order valence-electron chi connectivity index (χ2n) is 5.97. The van der Waals surface area contributed by atoms with Crippen LogP contribution in [0.25, 0.3) is 10.1 Å². The lowest BCUT2D eigenvalue weighted by Crippen LogP contribution is -2.26. The van der Waals surface area contributed by atoms with Crippen molar-refractivity contribution in [2.75, 3.05) is 21.3 Å². The summed E-state index contributed by atoms with van der Waals surface area (Å²) in [5, 5.41) is 0.473. The molecule has 0 unspecified atom stereocenters. The van der Waals surface area contributed by atoms with E-state index in [1.165, 1.54) is 17.4 Å². The highest BCUT2D eigenvalue weighted by molar-refractivity contribution is 7.21. The van der Waals surface area contributed by atoms with Crippen LogP contribution in [-0.4, -0.2) is 32.1 Å². The Hall–Kier alpha value is -2.44. The fourth-order valence-electron chi connectivity index (χ4n) is 2.87. The van der Waals surface area contributed by atoms with Crippen molar-refractivity contribution in [1.82, 2.24) is 4.90 Å². The summed E-state index contributed by atoms with van der Waals surface area (Å²) >= 11 is 1.30. The first-order chi connectivity index (χ1) is 12.5. The number of fused-ring (bicyclic) bond motifs is 1. The van der Waals surface area contributed by atoms with Gasteiger partial charge in [0.2, 0.25) is 0 Å². The first-order valence-corrected chi connectivity index (χ1v) is 8.94. The maximum Gasteiger partial charge on any atom is 0.264 e. The van der Waals surface area contributed by atoms with E-state index in [4.69, 9.17) is 9.47 Å². The van der Waals surface area contributed by atoms with Crippen molar-refractivity contribution in [3.63, 3.8) is 0 Å². The third-order valence-electron chi connectivity index (χ3n) is 4.17. The van der Waals surface area contributed by atoms with Gasteiger partial charge in [-0.15, -0.1) is 11.3 Å². The van der Waals surface area contributed by atoms with Crippen LogP contribution in [0.15, 0.2) is 42.5 Å². The minimum Gasteiger partial charge on any atom is -0.497 e. The van der Waals surface area contributed by atoms with Crippen molar-refractivity contribution in [1.29, 1.82) is 0 Å². The summed E-state index contributed by atoms with van der Waals surface area (Å²) in [7, 11) is 4.89. The predicted molar refractivity (Wildman–Crippen MR) is 101 cm³/mol. The number of hydrogen-bond acceptors (Lipinski definition) is 4. The number of hydrogen-bond donors (Lipinski definition) is 0. The van der Waals surface area contributed by atoms with Crippen LogP contribution < -0.4 is 4.74 Å². The van der Waals surface area contributed by atoms with E-state index in [1.807, 2.05) is 30.3 Å². The minimum atomic E-state index is -0.331. The highest BCUT2D eigenvalue weighted by Gasteiger charge is 2.23. The standard InChI is InChI=1S/C20H20FNO3S/c1-22(11-13-7-9-14(25-3)10-8-13)20(23)19-15(12-24-2)18-16(21)5-4-6-17(18)26-19/h4-10H,11-12H2,1-3H3. The summed E-state index contributed by atoms with van der Waals surface area (Å²) < 4.78 is 25.4. The van der Waals surface area contributed by atoms with E-state index in [2.05, 4.69) is 0 Å². The van der Waals surface area contributed by atoms with Gasteiger partial charge in [0.1, 0.15) is 11.6 Å². The molecule has 0 aliphatic carbocycles. The van der Waals surface area contributed by atoms with Crippen LogP contribution in [0.1, 0.15) is 20.8 Å². The number of carbonyl (C=O) groups excluding carboxylic acids is 1. The fourth-order valence-corrected chi connectivity index (χ4v) is 4.09. The molecule has 0 spiro atoms. The molecule has 1 heterocycles. The summed E-state index contributed by atoms with van der Waals surface area (Å²) in [6.07, 6.45) is 0. The Morgan fingerprint density at radius 3 is 2.54 bits per heavy atom. The van der Waals surface area contributed by atoms with Gasteiger partial charge in [0.05, 0.1) is 18.6 Å². The molecule has 0 atom stereocenters. The quantitative estimate of drug-likeness (QED) is 0.640. The smallest absolute Gasteiger partial charge is 0.264 e. The molecule has 0 fully saturated rings. The zero-order valence-electron chi connectivity index (χ0n) is 14.9. The van der Waals surface area contributed by atoms with Gasteiger partial charge in [0, 0.05) is 36.4 Å². The normalized spacial score (nSPS) is 10.9. The number of nitrogens with zero attached hydrogens (tertiary/aromatic N) is 1. The van der Waals surface area contributed by atoms with Crippen LogP contribution in [0.4, 0.5) is 4.39 Å². The molecule has 0 N–H and O–H groups in total. The lowest BCUT2D eigenvalue weighted by Gasteiger charge is -2.17. The van der Waals surface area contributed by atoms with Gasteiger partial charge >= 0.3 is 0 Å². The third-order valence-corrected chi connectivity index (χ3v) is 5.36. The van der Waals surface area contributed by atoms with E-state index in [1.54, 1.807) is 32.2 Å². The van der Waals surface area contributed by atoms with E-state index in [0.29, 0.717) is 22.4 Å². The molecular formula is C20H20FNO3S. The monoisotopic (exact) mass is 373 g/mol. The summed E-state index contributed by atoms with van der Waals surface area (Å²) in [5.74, 6) is 0.293. The van der Waals surface area contributed by atoms with Crippen LogP contribution in [-0.2, 0) is 17.9 Å². The highest BCUT2D eigenvalue weighted by Crippen LogP contribution is 2.34. The molecule has 0 aliphatic rings. The van der Waals surface area contributed by atoms with Crippen molar-refractivity contribution < 1.29 is 18.7 Å². The summed E-state index contributed by atoms with van der Waals surface area (Å²) in [5.41, 5.74) is 1.60. The fraction of sp³-hybridized carbons (Fsp3) is 0.250. The van der Waals surface area contributed by atoms with Gasteiger partial charge in [0.15, 0.2) is 0 Å². The van der Waals surface area contributed by atoms with E-state index >= 15 is 0 Å². The van der Waals surface area contributed by atoms with Crippen LogP contribution >= 0.6 is 11.3 Å². The SMILES string of the molecule is COCc1c(C(=O)N(C)Cc2ccc(OC)cc2)sc2cccc(F)c12. The van der Waals surface area contributed by atoms with Crippen LogP contribution in [0.2, 0.25) is 0 Å². The van der Waals surface area contributed by atoms with Crippen molar-refractivity contribution in [3.05, 3.63) is 64.3 Å². The molecule has 0 saturated heterocycles. The van der Waals surface area contributed by atoms with Crippen molar-refractivity contribution in [3.8, 4) is 5.75 Å². The molecule has 4 nitrogen and oxygen atoms in total.